The Kier molecular flexibility index (Phi) is 4.46. The smallest absolute Gasteiger partial charge is 0.331 e. The molecule has 0 aliphatic heterocycles. The average Bonchev–Trinajstić information content (AvgIpc) is 3.25. The van der Waals surface area contributed by atoms with Gasteiger partial charge in [0, 0.05) is 41.4 Å². The Bertz CT molecular complexity index is 1150. The Morgan fingerprint density at radius 3 is 2.74 bits per heavy atom. The summed E-state index contributed by atoms with van der Waals surface area (Å²) in [5, 5.41) is 9.86. The summed E-state index contributed by atoms with van der Waals surface area (Å²) in [5.74, 6) is 0.265. The van der Waals surface area contributed by atoms with Crippen molar-refractivity contribution in [2.45, 2.75) is 27.0 Å². The van der Waals surface area contributed by atoms with Gasteiger partial charge in [-0.1, -0.05) is 24.3 Å². The summed E-state index contributed by atoms with van der Waals surface area (Å²) >= 11 is 0. The molecule has 0 saturated carbocycles. The van der Waals surface area contributed by atoms with Crippen LogP contribution in [0.2, 0.25) is 0 Å². The van der Waals surface area contributed by atoms with Gasteiger partial charge in [-0.25, -0.2) is 4.79 Å². The van der Waals surface area contributed by atoms with E-state index in [2.05, 4.69) is 52.0 Å². The van der Waals surface area contributed by atoms with Crippen LogP contribution in [0.1, 0.15) is 24.3 Å². The first-order valence-corrected chi connectivity index (χ1v) is 8.80. The van der Waals surface area contributed by atoms with Gasteiger partial charge < -0.3 is 13.7 Å². The van der Waals surface area contributed by atoms with Crippen LogP contribution in [0.15, 0.2) is 53.0 Å². The van der Waals surface area contributed by atoms with Crippen LogP contribution < -0.4 is 0 Å². The number of nitrogens with zero attached hydrogens (tertiary/aromatic N) is 3. The molecule has 0 aliphatic rings. The minimum Gasteiger partial charge on any atom is -0.452 e. The molecule has 2 heterocycles. The third kappa shape index (κ3) is 3.33. The predicted molar refractivity (Wildman–Crippen MR) is 103 cm³/mol. The van der Waals surface area contributed by atoms with Gasteiger partial charge in [-0.05, 0) is 36.8 Å². The van der Waals surface area contributed by atoms with Crippen LogP contribution in [0.4, 0.5) is 0 Å². The number of aromatic nitrogens is 3. The zero-order valence-corrected chi connectivity index (χ0v) is 15.2. The van der Waals surface area contributed by atoms with Crippen LogP contribution >= 0.6 is 0 Å². The fraction of sp³-hybridized carbons (Fsp3) is 0.190. The first kappa shape index (κ1) is 17.0. The Balaban J connectivity index is 1.56. The van der Waals surface area contributed by atoms with Crippen LogP contribution in [0.3, 0.4) is 0 Å². The molecule has 27 heavy (non-hydrogen) atoms. The van der Waals surface area contributed by atoms with Crippen molar-refractivity contribution in [3.63, 3.8) is 0 Å². The van der Waals surface area contributed by atoms with Gasteiger partial charge in [-0.3, -0.25) is 0 Å². The molecule has 0 aliphatic carbocycles. The van der Waals surface area contributed by atoms with E-state index in [-0.39, 0.29) is 12.5 Å². The molecule has 2 aromatic heterocycles. The van der Waals surface area contributed by atoms with E-state index in [1.165, 1.54) is 27.9 Å². The summed E-state index contributed by atoms with van der Waals surface area (Å²) in [6.45, 7) is 4.69. The fourth-order valence-corrected chi connectivity index (χ4v) is 3.26. The number of fused-ring (bicyclic) bond motifs is 3. The number of carbonyl (C=O) groups is 1. The summed E-state index contributed by atoms with van der Waals surface area (Å²) in [5.41, 5.74) is 3.34. The van der Waals surface area contributed by atoms with Gasteiger partial charge in [0.25, 0.3) is 5.89 Å². The number of aryl methyl sites for hydroxylation is 2. The monoisotopic (exact) mass is 361 g/mol. The number of hydrogen-bond donors (Lipinski definition) is 0. The van der Waals surface area contributed by atoms with E-state index in [0.29, 0.717) is 5.89 Å². The van der Waals surface area contributed by atoms with Crippen molar-refractivity contribution in [2.24, 2.45) is 0 Å². The molecule has 4 aromatic rings. The second-order valence-corrected chi connectivity index (χ2v) is 6.19. The maximum atomic E-state index is 11.9. The molecule has 4 rings (SSSR count). The molecule has 0 fully saturated rings. The highest BCUT2D eigenvalue weighted by molar-refractivity contribution is 6.08. The maximum Gasteiger partial charge on any atom is 0.331 e. The summed E-state index contributed by atoms with van der Waals surface area (Å²) in [6, 6.07) is 14.5. The van der Waals surface area contributed by atoms with Crippen LogP contribution in [0, 0.1) is 6.92 Å². The van der Waals surface area contributed by atoms with Crippen LogP contribution in [-0.4, -0.2) is 20.7 Å². The van der Waals surface area contributed by atoms with Gasteiger partial charge in [0.05, 0.1) is 0 Å². The number of rotatable bonds is 5. The van der Waals surface area contributed by atoms with E-state index in [1.54, 1.807) is 13.0 Å². The molecule has 0 unspecified atom stereocenters. The SMILES string of the molecule is CCn1c2ccccc2c2cc(/C=C/C(=O)OCc3nnc(C)o3)ccc21. The van der Waals surface area contributed by atoms with Gasteiger partial charge in [0.15, 0.2) is 6.61 Å². The van der Waals surface area contributed by atoms with E-state index in [9.17, 15) is 4.79 Å². The minimum atomic E-state index is -0.457. The van der Waals surface area contributed by atoms with Crippen molar-refractivity contribution in [3.8, 4) is 0 Å². The largest absolute Gasteiger partial charge is 0.452 e. The van der Waals surface area contributed by atoms with Gasteiger partial charge in [0.2, 0.25) is 5.89 Å². The van der Waals surface area contributed by atoms with Crippen molar-refractivity contribution >= 4 is 33.9 Å². The molecule has 6 heteroatoms. The molecule has 2 aromatic carbocycles. The fourth-order valence-electron chi connectivity index (χ4n) is 3.26. The van der Waals surface area contributed by atoms with Crippen LogP contribution in [0.5, 0.6) is 0 Å². The molecule has 0 radical (unpaired) electrons. The van der Waals surface area contributed by atoms with Crippen molar-refractivity contribution in [2.75, 3.05) is 0 Å². The molecule has 136 valence electrons. The molecular formula is C21H19N3O3. The molecule has 0 spiro atoms. The quantitative estimate of drug-likeness (QED) is 0.392. The lowest BCUT2D eigenvalue weighted by Crippen LogP contribution is -2.00. The summed E-state index contributed by atoms with van der Waals surface area (Å²) < 4.78 is 12.6. The van der Waals surface area contributed by atoms with Crippen molar-refractivity contribution in [3.05, 3.63) is 65.9 Å². The zero-order chi connectivity index (χ0) is 18.8. The number of hydrogen-bond acceptors (Lipinski definition) is 5. The van der Waals surface area contributed by atoms with Gasteiger partial charge >= 0.3 is 5.97 Å². The summed E-state index contributed by atoms with van der Waals surface area (Å²) in [7, 11) is 0. The van der Waals surface area contributed by atoms with E-state index >= 15 is 0 Å². The number of para-hydroxylation sites is 1. The third-order valence-corrected chi connectivity index (χ3v) is 4.43. The first-order valence-electron chi connectivity index (χ1n) is 8.80. The molecule has 0 amide bonds. The number of ether oxygens (including phenoxy) is 1. The van der Waals surface area contributed by atoms with Gasteiger partial charge in [0.1, 0.15) is 0 Å². The molecule has 0 saturated heterocycles. The summed E-state index contributed by atoms with van der Waals surface area (Å²) in [4.78, 5) is 11.9. The maximum absolute atomic E-state index is 11.9. The van der Waals surface area contributed by atoms with Crippen molar-refractivity contribution in [1.29, 1.82) is 0 Å². The number of benzene rings is 2. The van der Waals surface area contributed by atoms with Crippen molar-refractivity contribution in [1.82, 2.24) is 14.8 Å². The second kappa shape index (κ2) is 7.07. The van der Waals surface area contributed by atoms with Crippen LogP contribution in [-0.2, 0) is 22.7 Å². The van der Waals surface area contributed by atoms with Crippen molar-refractivity contribution < 1.29 is 13.9 Å². The summed E-state index contributed by atoms with van der Waals surface area (Å²) in [6.07, 6.45) is 3.16. The first-order chi connectivity index (χ1) is 13.2. The highest BCUT2D eigenvalue weighted by Gasteiger charge is 2.09. The Labute approximate surface area is 156 Å². The second-order valence-electron chi connectivity index (χ2n) is 6.19. The van der Waals surface area contributed by atoms with Crippen LogP contribution in [0.25, 0.3) is 27.9 Å². The minimum absolute atomic E-state index is 0.0347. The number of carbonyl (C=O) groups excluding carboxylic acids is 1. The predicted octanol–water partition coefficient (Wildman–Crippen LogP) is 4.26. The standard InChI is InChI=1S/C21H19N3O3/c1-3-24-18-7-5-4-6-16(18)17-12-15(8-10-19(17)24)9-11-21(25)26-13-20-23-22-14(2)27-20/h4-12H,3,13H2,1-2H3/b11-9+. The van der Waals surface area contributed by atoms with Gasteiger partial charge in [-0.2, -0.15) is 0 Å². The third-order valence-electron chi connectivity index (χ3n) is 4.43. The number of esters is 1. The Morgan fingerprint density at radius 2 is 1.96 bits per heavy atom. The molecular weight excluding hydrogens is 342 g/mol. The van der Waals surface area contributed by atoms with E-state index < -0.39 is 5.97 Å². The lowest BCUT2D eigenvalue weighted by molar-refractivity contribution is -0.139. The molecule has 6 nitrogen and oxygen atoms in total. The molecule has 0 N–H and O–H groups in total. The topological polar surface area (TPSA) is 70.2 Å². The zero-order valence-electron chi connectivity index (χ0n) is 15.2. The van der Waals surface area contributed by atoms with E-state index in [1.807, 2.05) is 12.1 Å². The lowest BCUT2D eigenvalue weighted by atomic mass is 10.1. The van der Waals surface area contributed by atoms with E-state index in [4.69, 9.17) is 9.15 Å². The molecule has 0 atom stereocenters. The van der Waals surface area contributed by atoms with E-state index in [0.717, 1.165) is 12.1 Å². The Hall–Kier alpha value is -3.41. The molecule has 0 bridgehead atoms. The lowest BCUT2D eigenvalue weighted by Gasteiger charge is -2.02. The average molecular weight is 361 g/mol. The Morgan fingerprint density at radius 1 is 1.15 bits per heavy atom. The highest BCUT2D eigenvalue weighted by Crippen LogP contribution is 2.29. The van der Waals surface area contributed by atoms with Gasteiger partial charge in [-0.15, -0.1) is 10.2 Å². The normalized spacial score (nSPS) is 11.6. The highest BCUT2D eigenvalue weighted by atomic mass is 16.5.